The van der Waals surface area contributed by atoms with Gasteiger partial charge in [-0.25, -0.2) is 0 Å². The minimum Gasteiger partial charge on any atom is -0.384 e. The zero-order valence-electron chi connectivity index (χ0n) is 10.8. The summed E-state index contributed by atoms with van der Waals surface area (Å²) in [5.74, 6) is 0. The number of pyridine rings is 1. The van der Waals surface area contributed by atoms with Crippen LogP contribution in [-0.4, -0.2) is 20.3 Å². The van der Waals surface area contributed by atoms with E-state index in [1.54, 1.807) is 13.8 Å². The molecular formula is C13H12F3N3O. The molecule has 0 bridgehead atoms. The molecule has 0 fully saturated rings. The van der Waals surface area contributed by atoms with Crippen LogP contribution in [0.1, 0.15) is 34.2 Å². The van der Waals surface area contributed by atoms with Crippen molar-refractivity contribution in [1.82, 2.24) is 15.2 Å². The Kier molecular flexibility index (Phi) is 3.71. The molecule has 7 heteroatoms. The summed E-state index contributed by atoms with van der Waals surface area (Å²) >= 11 is 0. The highest BCUT2D eigenvalue weighted by molar-refractivity contribution is 5.37. The summed E-state index contributed by atoms with van der Waals surface area (Å²) in [6, 6.07) is 2.36. The fourth-order valence-corrected chi connectivity index (χ4v) is 1.90. The van der Waals surface area contributed by atoms with Crippen LogP contribution in [-0.2, 0) is 6.18 Å². The van der Waals surface area contributed by atoms with Gasteiger partial charge in [0, 0.05) is 23.5 Å². The Morgan fingerprint density at radius 3 is 2.50 bits per heavy atom. The van der Waals surface area contributed by atoms with Gasteiger partial charge in [0.15, 0.2) is 0 Å². The molecule has 1 unspecified atom stereocenters. The highest BCUT2D eigenvalue weighted by Crippen LogP contribution is 2.36. The zero-order valence-corrected chi connectivity index (χ0v) is 10.8. The molecule has 0 aliphatic rings. The molecule has 0 amide bonds. The van der Waals surface area contributed by atoms with Crippen LogP contribution in [0, 0.1) is 13.8 Å². The van der Waals surface area contributed by atoms with Gasteiger partial charge < -0.3 is 5.11 Å². The van der Waals surface area contributed by atoms with Gasteiger partial charge in [-0.1, -0.05) is 0 Å². The fraction of sp³-hybridized carbons (Fsp3) is 0.308. The lowest BCUT2D eigenvalue weighted by Gasteiger charge is -2.18. The molecule has 2 rings (SSSR count). The van der Waals surface area contributed by atoms with Crippen molar-refractivity contribution >= 4 is 0 Å². The number of rotatable bonds is 2. The zero-order chi connectivity index (χ0) is 14.9. The summed E-state index contributed by atoms with van der Waals surface area (Å²) in [6.07, 6.45) is -3.94. The second-order valence-corrected chi connectivity index (χ2v) is 4.39. The van der Waals surface area contributed by atoms with Crippen molar-refractivity contribution in [1.29, 1.82) is 0 Å². The lowest BCUT2D eigenvalue weighted by atomic mass is 9.97. The number of hydrogen-bond donors (Lipinski definition) is 1. The summed E-state index contributed by atoms with van der Waals surface area (Å²) in [5.41, 5.74) is -0.0254. The molecule has 1 N–H and O–H groups in total. The molecule has 1 atom stereocenters. The van der Waals surface area contributed by atoms with Crippen LogP contribution in [0.15, 0.2) is 24.5 Å². The number of alkyl halides is 3. The number of halogens is 3. The molecule has 2 aromatic rings. The first kappa shape index (κ1) is 14.4. The minimum absolute atomic E-state index is 0.288. The van der Waals surface area contributed by atoms with Crippen molar-refractivity contribution < 1.29 is 18.3 Å². The van der Waals surface area contributed by atoms with Crippen LogP contribution in [0.5, 0.6) is 0 Å². The molecule has 0 aliphatic heterocycles. The lowest BCUT2D eigenvalue weighted by molar-refractivity contribution is -0.139. The maximum absolute atomic E-state index is 12.9. The number of aliphatic hydroxyl groups excluding tert-OH is 1. The molecule has 2 heterocycles. The predicted molar refractivity (Wildman–Crippen MR) is 64.8 cm³/mol. The number of aryl methyl sites for hydroxylation is 2. The maximum Gasteiger partial charge on any atom is 0.416 e. The van der Waals surface area contributed by atoms with E-state index in [0.29, 0.717) is 11.4 Å². The van der Waals surface area contributed by atoms with E-state index in [-0.39, 0.29) is 11.1 Å². The Hall–Kier alpha value is -2.02. The standard InChI is InChI=1S/C13H12F3N3O/c1-7-5-9(8(2)19-18-7)12(20)10-6-17-4-3-11(10)13(14,15)16/h3-6,12,20H,1-2H3. The quantitative estimate of drug-likeness (QED) is 0.920. The fourth-order valence-electron chi connectivity index (χ4n) is 1.90. The normalized spacial score (nSPS) is 13.3. The Balaban J connectivity index is 2.54. The van der Waals surface area contributed by atoms with E-state index < -0.39 is 17.8 Å². The van der Waals surface area contributed by atoms with E-state index in [4.69, 9.17) is 0 Å². The van der Waals surface area contributed by atoms with Crippen LogP contribution in [0.3, 0.4) is 0 Å². The smallest absolute Gasteiger partial charge is 0.384 e. The number of aliphatic hydroxyl groups is 1. The minimum atomic E-state index is -4.55. The van der Waals surface area contributed by atoms with Crippen molar-refractivity contribution in [2.45, 2.75) is 26.1 Å². The molecule has 0 aliphatic carbocycles. The molecule has 20 heavy (non-hydrogen) atoms. The summed E-state index contributed by atoms with van der Waals surface area (Å²) in [7, 11) is 0. The maximum atomic E-state index is 12.9. The third-order valence-corrected chi connectivity index (χ3v) is 2.89. The van der Waals surface area contributed by atoms with E-state index in [9.17, 15) is 18.3 Å². The first-order chi connectivity index (χ1) is 9.30. The van der Waals surface area contributed by atoms with Gasteiger partial charge in [0.05, 0.1) is 17.0 Å². The van der Waals surface area contributed by atoms with Crippen LogP contribution in [0.2, 0.25) is 0 Å². The SMILES string of the molecule is Cc1cc(C(O)c2cnccc2C(F)(F)F)c(C)nn1. The third kappa shape index (κ3) is 2.77. The van der Waals surface area contributed by atoms with Crippen LogP contribution in [0.4, 0.5) is 13.2 Å². The summed E-state index contributed by atoms with van der Waals surface area (Å²) in [6.45, 7) is 3.23. The predicted octanol–water partition coefficient (Wildman–Crippen LogP) is 2.59. The molecule has 0 spiro atoms. The average Bonchev–Trinajstić information content (AvgIpc) is 2.40. The molecule has 0 saturated heterocycles. The van der Waals surface area contributed by atoms with Crippen LogP contribution in [0.25, 0.3) is 0 Å². The highest BCUT2D eigenvalue weighted by Gasteiger charge is 2.35. The summed E-state index contributed by atoms with van der Waals surface area (Å²) in [4.78, 5) is 3.66. The molecular weight excluding hydrogens is 271 g/mol. The number of nitrogens with zero attached hydrogens (tertiary/aromatic N) is 3. The number of aromatic nitrogens is 3. The van der Waals surface area contributed by atoms with Crippen LogP contribution >= 0.6 is 0 Å². The second kappa shape index (κ2) is 5.16. The van der Waals surface area contributed by atoms with Crippen molar-refractivity contribution in [2.24, 2.45) is 0 Å². The first-order valence-corrected chi connectivity index (χ1v) is 5.80. The lowest BCUT2D eigenvalue weighted by Crippen LogP contribution is -2.14. The Morgan fingerprint density at radius 2 is 1.85 bits per heavy atom. The van der Waals surface area contributed by atoms with E-state index in [2.05, 4.69) is 15.2 Å². The van der Waals surface area contributed by atoms with E-state index in [1.807, 2.05) is 0 Å². The largest absolute Gasteiger partial charge is 0.416 e. The van der Waals surface area contributed by atoms with Gasteiger partial charge in [-0.15, -0.1) is 0 Å². The van der Waals surface area contributed by atoms with Gasteiger partial charge in [-0.2, -0.15) is 23.4 Å². The van der Waals surface area contributed by atoms with Gasteiger partial charge in [-0.3, -0.25) is 4.98 Å². The van der Waals surface area contributed by atoms with E-state index in [1.165, 1.54) is 6.07 Å². The molecule has 0 aromatic carbocycles. The Bertz CT molecular complexity index is 628. The van der Waals surface area contributed by atoms with Crippen molar-refractivity contribution in [3.63, 3.8) is 0 Å². The van der Waals surface area contributed by atoms with Crippen molar-refractivity contribution in [3.8, 4) is 0 Å². The van der Waals surface area contributed by atoms with Crippen molar-refractivity contribution in [2.75, 3.05) is 0 Å². The van der Waals surface area contributed by atoms with Gasteiger partial charge in [0.1, 0.15) is 6.10 Å². The molecule has 106 valence electrons. The second-order valence-electron chi connectivity index (χ2n) is 4.39. The topological polar surface area (TPSA) is 58.9 Å². The average molecular weight is 283 g/mol. The van der Waals surface area contributed by atoms with E-state index >= 15 is 0 Å². The Labute approximate surface area is 113 Å². The van der Waals surface area contributed by atoms with Gasteiger partial charge in [0.25, 0.3) is 0 Å². The first-order valence-electron chi connectivity index (χ1n) is 5.80. The van der Waals surface area contributed by atoms with Gasteiger partial charge in [-0.05, 0) is 26.0 Å². The monoisotopic (exact) mass is 283 g/mol. The molecule has 0 radical (unpaired) electrons. The number of hydrogen-bond acceptors (Lipinski definition) is 4. The highest BCUT2D eigenvalue weighted by atomic mass is 19.4. The van der Waals surface area contributed by atoms with Gasteiger partial charge >= 0.3 is 6.18 Å². The van der Waals surface area contributed by atoms with E-state index in [0.717, 1.165) is 18.5 Å². The van der Waals surface area contributed by atoms with Crippen LogP contribution < -0.4 is 0 Å². The Morgan fingerprint density at radius 1 is 1.15 bits per heavy atom. The van der Waals surface area contributed by atoms with Gasteiger partial charge in [0.2, 0.25) is 0 Å². The molecule has 0 saturated carbocycles. The molecule has 2 aromatic heterocycles. The summed E-state index contributed by atoms with van der Waals surface area (Å²) in [5, 5.41) is 17.8. The molecule has 4 nitrogen and oxygen atoms in total. The summed E-state index contributed by atoms with van der Waals surface area (Å²) < 4.78 is 38.8. The van der Waals surface area contributed by atoms with Crippen molar-refractivity contribution in [3.05, 3.63) is 52.6 Å². The third-order valence-electron chi connectivity index (χ3n) is 2.89.